The first-order valence-electron chi connectivity index (χ1n) is 8.02. The van der Waals surface area contributed by atoms with E-state index < -0.39 is 5.97 Å². The molecule has 0 saturated heterocycles. The predicted octanol–water partition coefficient (Wildman–Crippen LogP) is 3.35. The van der Waals surface area contributed by atoms with Gasteiger partial charge in [0.2, 0.25) is 0 Å². The monoisotopic (exact) mass is 288 g/mol. The summed E-state index contributed by atoms with van der Waals surface area (Å²) < 4.78 is 0. The van der Waals surface area contributed by atoms with Gasteiger partial charge in [-0.05, 0) is 55.9 Å². The van der Waals surface area contributed by atoms with Gasteiger partial charge in [0.25, 0.3) is 0 Å². The summed E-state index contributed by atoms with van der Waals surface area (Å²) in [4.78, 5) is 20.4. The van der Waals surface area contributed by atoms with E-state index in [1.165, 1.54) is 25.7 Å². The van der Waals surface area contributed by atoms with Crippen molar-refractivity contribution in [3.05, 3.63) is 23.3 Å². The van der Waals surface area contributed by atoms with Crippen LogP contribution in [-0.4, -0.2) is 21.0 Å². The van der Waals surface area contributed by atoms with Crippen molar-refractivity contribution in [3.63, 3.8) is 0 Å². The number of aryl methyl sites for hydroxylation is 1. The SMILES string of the molecule is CC1(C)CCC(c2ncc3c(n2)CCC(C(=O)O)C3)CC1. The summed E-state index contributed by atoms with van der Waals surface area (Å²) in [6.07, 6.45) is 8.76. The van der Waals surface area contributed by atoms with Crippen LogP contribution >= 0.6 is 0 Å². The molecule has 1 aromatic rings. The third-order valence-corrected chi connectivity index (χ3v) is 5.22. The Morgan fingerprint density at radius 3 is 2.67 bits per heavy atom. The lowest BCUT2D eigenvalue weighted by molar-refractivity contribution is -0.142. The summed E-state index contributed by atoms with van der Waals surface area (Å²) >= 11 is 0. The lowest BCUT2D eigenvalue weighted by atomic mass is 9.73. The number of hydrogen-bond acceptors (Lipinski definition) is 3. The van der Waals surface area contributed by atoms with E-state index in [9.17, 15) is 4.79 Å². The van der Waals surface area contributed by atoms with Crippen LogP contribution < -0.4 is 0 Å². The molecule has 0 radical (unpaired) electrons. The first-order chi connectivity index (χ1) is 9.94. The Morgan fingerprint density at radius 2 is 2.00 bits per heavy atom. The molecule has 2 aliphatic carbocycles. The minimum absolute atomic E-state index is 0.262. The fourth-order valence-electron chi connectivity index (χ4n) is 3.59. The highest BCUT2D eigenvalue weighted by Crippen LogP contribution is 2.41. The molecule has 2 aliphatic rings. The van der Waals surface area contributed by atoms with E-state index in [1.54, 1.807) is 0 Å². The van der Waals surface area contributed by atoms with E-state index in [0.29, 0.717) is 24.2 Å². The fourth-order valence-corrected chi connectivity index (χ4v) is 3.59. The van der Waals surface area contributed by atoms with E-state index in [4.69, 9.17) is 10.1 Å². The quantitative estimate of drug-likeness (QED) is 0.906. The molecule has 1 aromatic heterocycles. The molecule has 114 valence electrons. The minimum atomic E-state index is -0.695. The number of carboxylic acid groups (broad SMARTS) is 1. The third kappa shape index (κ3) is 3.09. The largest absolute Gasteiger partial charge is 0.481 e. The van der Waals surface area contributed by atoms with Gasteiger partial charge in [-0.3, -0.25) is 4.79 Å². The maximum Gasteiger partial charge on any atom is 0.306 e. The molecule has 1 unspecified atom stereocenters. The van der Waals surface area contributed by atoms with Crippen LogP contribution in [0.1, 0.15) is 69.0 Å². The average Bonchev–Trinajstić information content (AvgIpc) is 2.46. The number of carboxylic acids is 1. The van der Waals surface area contributed by atoms with Gasteiger partial charge in [0.15, 0.2) is 0 Å². The smallest absolute Gasteiger partial charge is 0.306 e. The van der Waals surface area contributed by atoms with E-state index in [0.717, 1.165) is 23.5 Å². The van der Waals surface area contributed by atoms with Crippen LogP contribution in [0.4, 0.5) is 0 Å². The minimum Gasteiger partial charge on any atom is -0.481 e. The van der Waals surface area contributed by atoms with Crippen LogP contribution in [0.15, 0.2) is 6.20 Å². The second-order valence-corrected chi connectivity index (χ2v) is 7.42. The maximum atomic E-state index is 11.1. The van der Waals surface area contributed by atoms with Gasteiger partial charge in [0.1, 0.15) is 5.82 Å². The number of carbonyl (C=O) groups is 1. The van der Waals surface area contributed by atoms with Crippen molar-refractivity contribution in [3.8, 4) is 0 Å². The zero-order valence-electron chi connectivity index (χ0n) is 12.9. The molecule has 0 amide bonds. The number of aliphatic carboxylic acids is 1. The second-order valence-electron chi connectivity index (χ2n) is 7.42. The third-order valence-electron chi connectivity index (χ3n) is 5.22. The summed E-state index contributed by atoms with van der Waals surface area (Å²) in [7, 11) is 0. The molecule has 4 nitrogen and oxygen atoms in total. The van der Waals surface area contributed by atoms with Crippen molar-refractivity contribution in [1.29, 1.82) is 0 Å². The van der Waals surface area contributed by atoms with E-state index >= 15 is 0 Å². The van der Waals surface area contributed by atoms with Crippen LogP contribution in [0, 0.1) is 11.3 Å². The van der Waals surface area contributed by atoms with E-state index in [1.807, 2.05) is 6.20 Å². The fraction of sp³-hybridized carbons (Fsp3) is 0.706. The molecule has 1 atom stereocenters. The molecule has 0 spiro atoms. The number of rotatable bonds is 2. The van der Waals surface area contributed by atoms with Gasteiger partial charge in [-0.2, -0.15) is 0 Å². The molecule has 3 rings (SSSR count). The van der Waals surface area contributed by atoms with Gasteiger partial charge < -0.3 is 5.11 Å². The zero-order chi connectivity index (χ0) is 15.0. The Balaban J connectivity index is 1.74. The molecule has 1 saturated carbocycles. The van der Waals surface area contributed by atoms with Gasteiger partial charge in [-0.25, -0.2) is 9.97 Å². The number of hydrogen-bond donors (Lipinski definition) is 1. The second kappa shape index (κ2) is 5.39. The van der Waals surface area contributed by atoms with Crippen molar-refractivity contribution in [2.45, 2.75) is 64.7 Å². The Morgan fingerprint density at radius 1 is 1.29 bits per heavy atom. The van der Waals surface area contributed by atoms with Gasteiger partial charge in [-0.15, -0.1) is 0 Å². The molecule has 1 heterocycles. The maximum absolute atomic E-state index is 11.1. The standard InChI is InChI=1S/C17H24N2O2/c1-17(2)7-5-11(6-8-17)15-18-10-13-9-12(16(20)21)3-4-14(13)19-15/h10-12H,3-9H2,1-2H3,(H,20,21). The topological polar surface area (TPSA) is 63.1 Å². The summed E-state index contributed by atoms with van der Waals surface area (Å²) in [5, 5.41) is 9.13. The normalized spacial score (nSPS) is 25.3. The van der Waals surface area contributed by atoms with Crippen LogP contribution in [-0.2, 0) is 17.6 Å². The molecule has 21 heavy (non-hydrogen) atoms. The Labute approximate surface area is 126 Å². The highest BCUT2D eigenvalue weighted by molar-refractivity contribution is 5.70. The van der Waals surface area contributed by atoms with Gasteiger partial charge >= 0.3 is 5.97 Å². The lowest BCUT2D eigenvalue weighted by Crippen LogP contribution is -2.25. The average molecular weight is 288 g/mol. The predicted molar refractivity (Wildman–Crippen MR) is 80.2 cm³/mol. The number of nitrogens with zero attached hydrogens (tertiary/aromatic N) is 2. The van der Waals surface area contributed by atoms with Crippen molar-refractivity contribution in [2.75, 3.05) is 0 Å². The Kier molecular flexibility index (Phi) is 3.72. The van der Waals surface area contributed by atoms with Gasteiger partial charge in [0.05, 0.1) is 5.92 Å². The first-order valence-corrected chi connectivity index (χ1v) is 8.02. The first kappa shape index (κ1) is 14.5. The highest BCUT2D eigenvalue weighted by Gasteiger charge is 2.30. The molecular weight excluding hydrogens is 264 g/mol. The van der Waals surface area contributed by atoms with E-state index in [-0.39, 0.29) is 5.92 Å². The molecule has 0 aliphatic heterocycles. The van der Waals surface area contributed by atoms with Crippen molar-refractivity contribution in [2.24, 2.45) is 11.3 Å². The summed E-state index contributed by atoms with van der Waals surface area (Å²) in [6, 6.07) is 0. The van der Waals surface area contributed by atoms with Crippen molar-refractivity contribution in [1.82, 2.24) is 9.97 Å². The number of fused-ring (bicyclic) bond motifs is 1. The van der Waals surface area contributed by atoms with Crippen LogP contribution in [0.25, 0.3) is 0 Å². The Bertz CT molecular complexity index is 544. The molecule has 4 heteroatoms. The van der Waals surface area contributed by atoms with Crippen molar-refractivity contribution < 1.29 is 9.90 Å². The molecule has 1 fully saturated rings. The van der Waals surface area contributed by atoms with Gasteiger partial charge in [-0.1, -0.05) is 13.8 Å². The number of aromatic nitrogens is 2. The summed E-state index contributed by atoms with van der Waals surface area (Å²) in [5.41, 5.74) is 2.58. The highest BCUT2D eigenvalue weighted by atomic mass is 16.4. The molecular formula is C17H24N2O2. The lowest BCUT2D eigenvalue weighted by Gasteiger charge is -2.33. The van der Waals surface area contributed by atoms with Gasteiger partial charge in [0, 0.05) is 17.8 Å². The Hall–Kier alpha value is -1.45. The van der Waals surface area contributed by atoms with Crippen LogP contribution in [0.3, 0.4) is 0 Å². The van der Waals surface area contributed by atoms with Crippen LogP contribution in [0.5, 0.6) is 0 Å². The van der Waals surface area contributed by atoms with Crippen LogP contribution in [0.2, 0.25) is 0 Å². The summed E-state index contributed by atoms with van der Waals surface area (Å²) in [5.74, 6) is 0.514. The zero-order valence-corrected chi connectivity index (χ0v) is 12.9. The summed E-state index contributed by atoms with van der Waals surface area (Å²) in [6.45, 7) is 4.67. The molecule has 0 bridgehead atoms. The van der Waals surface area contributed by atoms with E-state index in [2.05, 4.69) is 18.8 Å². The molecule has 0 aromatic carbocycles. The van der Waals surface area contributed by atoms with Crippen molar-refractivity contribution >= 4 is 5.97 Å². The molecule has 1 N–H and O–H groups in total.